The van der Waals surface area contributed by atoms with Gasteiger partial charge in [-0.2, -0.15) is 0 Å². The predicted octanol–water partition coefficient (Wildman–Crippen LogP) is 0.318. The molecule has 24 heavy (non-hydrogen) atoms. The lowest BCUT2D eigenvalue weighted by Crippen LogP contribution is -2.38. The van der Waals surface area contributed by atoms with E-state index < -0.39 is 21.8 Å². The van der Waals surface area contributed by atoms with Crippen LogP contribution >= 0.6 is 0 Å². The number of nitrogens with one attached hydrogen (secondary N) is 2. The summed E-state index contributed by atoms with van der Waals surface area (Å²) < 4.78 is 30.3. The van der Waals surface area contributed by atoms with Gasteiger partial charge < -0.3 is 15.4 Å². The Labute approximate surface area is 141 Å². The van der Waals surface area contributed by atoms with Crippen molar-refractivity contribution in [2.45, 2.75) is 12.8 Å². The summed E-state index contributed by atoms with van der Waals surface area (Å²) in [5.74, 6) is -1.40. The number of amides is 2. The van der Waals surface area contributed by atoms with E-state index in [1.165, 1.54) is 11.4 Å². The van der Waals surface area contributed by atoms with Gasteiger partial charge in [0.1, 0.15) is 0 Å². The molecule has 132 valence electrons. The molecule has 2 amide bonds. The fraction of sp³-hybridized carbons (Fsp3) is 0.467. The van der Waals surface area contributed by atoms with E-state index in [9.17, 15) is 18.0 Å². The van der Waals surface area contributed by atoms with Crippen LogP contribution in [0.4, 0.5) is 11.4 Å². The number of hydrogen-bond donors (Lipinski definition) is 2. The lowest BCUT2D eigenvalue weighted by molar-refractivity contribution is -0.136. The van der Waals surface area contributed by atoms with Crippen LogP contribution in [0.2, 0.25) is 0 Å². The van der Waals surface area contributed by atoms with Crippen LogP contribution in [0.5, 0.6) is 0 Å². The summed E-state index contributed by atoms with van der Waals surface area (Å²) in [6.45, 7) is 1.02. The second-order valence-corrected chi connectivity index (χ2v) is 7.36. The van der Waals surface area contributed by atoms with Gasteiger partial charge in [0.05, 0.1) is 18.0 Å². The largest absolute Gasteiger partial charge is 0.383 e. The molecule has 2 N–H and O–H groups in total. The number of sulfonamides is 1. The van der Waals surface area contributed by atoms with Crippen LogP contribution in [-0.2, 0) is 24.3 Å². The normalized spacial score (nSPS) is 16.5. The third-order valence-electron chi connectivity index (χ3n) is 3.56. The third-order valence-corrected chi connectivity index (χ3v) is 5.43. The van der Waals surface area contributed by atoms with E-state index in [2.05, 4.69) is 10.6 Å². The molecule has 1 saturated heterocycles. The van der Waals surface area contributed by atoms with E-state index in [0.717, 1.165) is 6.42 Å². The summed E-state index contributed by atoms with van der Waals surface area (Å²) in [6, 6.07) is 6.36. The number of carbonyl (C=O) groups is 2. The van der Waals surface area contributed by atoms with Crippen molar-refractivity contribution in [3.05, 3.63) is 24.3 Å². The van der Waals surface area contributed by atoms with Gasteiger partial charge in [-0.15, -0.1) is 0 Å². The summed E-state index contributed by atoms with van der Waals surface area (Å²) in [5, 5.41) is 4.87. The number of hydrogen-bond acceptors (Lipinski definition) is 5. The first-order chi connectivity index (χ1) is 11.4. The molecular weight excluding hydrogens is 334 g/mol. The Kier molecular flexibility index (Phi) is 6.16. The highest BCUT2D eigenvalue weighted by molar-refractivity contribution is 7.92. The molecule has 1 aliphatic rings. The molecule has 0 unspecified atom stereocenters. The van der Waals surface area contributed by atoms with Crippen LogP contribution in [0.1, 0.15) is 12.8 Å². The number of nitrogens with zero attached hydrogens (tertiary/aromatic N) is 1. The minimum Gasteiger partial charge on any atom is -0.383 e. The highest BCUT2D eigenvalue weighted by atomic mass is 32.2. The second-order valence-electron chi connectivity index (χ2n) is 5.34. The smallest absolute Gasteiger partial charge is 0.313 e. The highest BCUT2D eigenvalue weighted by Crippen LogP contribution is 2.24. The summed E-state index contributed by atoms with van der Waals surface area (Å²) in [4.78, 5) is 23.3. The average Bonchev–Trinajstić information content (AvgIpc) is 2.55. The molecule has 1 fully saturated rings. The summed E-state index contributed by atoms with van der Waals surface area (Å²) >= 11 is 0. The third kappa shape index (κ3) is 4.68. The molecule has 0 aliphatic carbocycles. The molecule has 0 bridgehead atoms. The number of methoxy groups -OCH3 is 1. The van der Waals surface area contributed by atoms with Gasteiger partial charge >= 0.3 is 11.8 Å². The lowest BCUT2D eigenvalue weighted by Gasteiger charge is -2.28. The maximum atomic E-state index is 12.1. The van der Waals surface area contributed by atoms with Gasteiger partial charge in [-0.05, 0) is 37.1 Å². The molecule has 9 heteroatoms. The SMILES string of the molecule is COCCNC(=O)C(=O)Nc1ccc(N2CCCCS2(=O)=O)cc1. The van der Waals surface area contributed by atoms with Gasteiger partial charge in [0, 0.05) is 25.9 Å². The number of ether oxygens (including phenoxy) is 1. The Balaban J connectivity index is 1.97. The first kappa shape index (κ1) is 18.2. The van der Waals surface area contributed by atoms with Crippen molar-refractivity contribution in [2.24, 2.45) is 0 Å². The molecule has 8 nitrogen and oxygen atoms in total. The quantitative estimate of drug-likeness (QED) is 0.584. The molecule has 1 heterocycles. The molecule has 0 atom stereocenters. The van der Waals surface area contributed by atoms with Crippen molar-refractivity contribution < 1.29 is 22.7 Å². The summed E-state index contributed by atoms with van der Waals surface area (Å²) in [6.07, 6.45) is 1.49. The predicted molar refractivity (Wildman–Crippen MR) is 90.3 cm³/mol. The Morgan fingerprint density at radius 2 is 1.88 bits per heavy atom. The number of benzene rings is 1. The van der Waals surface area contributed by atoms with Gasteiger partial charge in [-0.25, -0.2) is 8.42 Å². The standard InChI is InChI=1S/C15H21N3O5S/c1-23-10-8-16-14(19)15(20)17-12-4-6-13(7-5-12)18-9-2-3-11-24(18,21)22/h4-7H,2-3,8-11H2,1H3,(H,16,19)(H,17,20). The second kappa shape index (κ2) is 8.11. The van der Waals surface area contributed by atoms with E-state index in [1.54, 1.807) is 24.3 Å². The molecule has 0 aromatic heterocycles. The number of anilines is 2. The maximum Gasteiger partial charge on any atom is 0.313 e. The fourth-order valence-electron chi connectivity index (χ4n) is 2.32. The molecule has 1 aromatic rings. The molecule has 0 radical (unpaired) electrons. The molecule has 0 spiro atoms. The minimum absolute atomic E-state index is 0.146. The van der Waals surface area contributed by atoms with E-state index >= 15 is 0 Å². The van der Waals surface area contributed by atoms with Gasteiger partial charge in [0.25, 0.3) is 0 Å². The zero-order chi connectivity index (χ0) is 17.6. The van der Waals surface area contributed by atoms with Crippen LogP contribution in [0, 0.1) is 0 Å². The molecular formula is C15H21N3O5S. The van der Waals surface area contributed by atoms with Crippen molar-refractivity contribution >= 4 is 33.2 Å². The van der Waals surface area contributed by atoms with Crippen molar-refractivity contribution in [3.8, 4) is 0 Å². The molecule has 2 rings (SSSR count). The van der Waals surface area contributed by atoms with Crippen molar-refractivity contribution in [1.82, 2.24) is 5.32 Å². The summed E-state index contributed by atoms with van der Waals surface area (Å²) in [7, 11) is -1.77. The van der Waals surface area contributed by atoms with Gasteiger partial charge in [-0.3, -0.25) is 13.9 Å². The number of carbonyl (C=O) groups excluding carboxylic acids is 2. The molecule has 0 saturated carbocycles. The zero-order valence-electron chi connectivity index (χ0n) is 13.4. The van der Waals surface area contributed by atoms with E-state index in [1.807, 2.05) is 0 Å². The van der Waals surface area contributed by atoms with Crippen molar-refractivity contribution in [2.75, 3.05) is 42.2 Å². The maximum absolute atomic E-state index is 12.1. The van der Waals surface area contributed by atoms with Crippen LogP contribution in [0.15, 0.2) is 24.3 Å². The monoisotopic (exact) mass is 355 g/mol. The topological polar surface area (TPSA) is 105 Å². The number of rotatable bonds is 5. The van der Waals surface area contributed by atoms with Gasteiger partial charge in [0.2, 0.25) is 10.0 Å². The first-order valence-corrected chi connectivity index (χ1v) is 9.23. The van der Waals surface area contributed by atoms with Gasteiger partial charge in [-0.1, -0.05) is 0 Å². The zero-order valence-corrected chi connectivity index (χ0v) is 14.3. The minimum atomic E-state index is -3.27. The van der Waals surface area contributed by atoms with Crippen molar-refractivity contribution in [1.29, 1.82) is 0 Å². The fourth-order valence-corrected chi connectivity index (χ4v) is 3.96. The summed E-state index contributed by atoms with van der Waals surface area (Å²) in [5.41, 5.74) is 0.970. The highest BCUT2D eigenvalue weighted by Gasteiger charge is 2.25. The van der Waals surface area contributed by atoms with Crippen LogP contribution in [0.25, 0.3) is 0 Å². The first-order valence-electron chi connectivity index (χ1n) is 7.62. The van der Waals surface area contributed by atoms with Crippen LogP contribution < -0.4 is 14.9 Å². The van der Waals surface area contributed by atoms with Gasteiger partial charge in [0.15, 0.2) is 0 Å². The molecule has 1 aromatic carbocycles. The van der Waals surface area contributed by atoms with E-state index in [-0.39, 0.29) is 12.3 Å². The van der Waals surface area contributed by atoms with Crippen LogP contribution in [0.3, 0.4) is 0 Å². The Hall–Kier alpha value is -2.13. The average molecular weight is 355 g/mol. The lowest BCUT2D eigenvalue weighted by atomic mass is 10.2. The Morgan fingerprint density at radius 3 is 2.50 bits per heavy atom. The van der Waals surface area contributed by atoms with Crippen molar-refractivity contribution in [3.63, 3.8) is 0 Å². The van der Waals surface area contributed by atoms with E-state index in [4.69, 9.17) is 4.74 Å². The Morgan fingerprint density at radius 1 is 1.17 bits per heavy atom. The van der Waals surface area contributed by atoms with E-state index in [0.29, 0.717) is 30.9 Å². The molecule has 1 aliphatic heterocycles. The Bertz CT molecular complexity index is 688. The van der Waals surface area contributed by atoms with Crippen LogP contribution in [-0.4, -0.2) is 52.8 Å².